The molecule has 0 amide bonds. The van der Waals surface area contributed by atoms with Gasteiger partial charge in [0.25, 0.3) is 0 Å². The van der Waals surface area contributed by atoms with Crippen molar-refractivity contribution in [3.05, 3.63) is 485 Å². The van der Waals surface area contributed by atoms with E-state index in [0.717, 1.165) is 60.3 Å². The number of nitrogens with zero attached hydrogens (tertiary/aromatic N) is 10. The molecular formula is C138H78N10S. The first kappa shape index (κ1) is 83.5. The minimum atomic E-state index is 0.418. The number of pyridine rings is 6. The van der Waals surface area contributed by atoms with Crippen molar-refractivity contribution in [2.75, 3.05) is 0 Å². The van der Waals surface area contributed by atoms with Gasteiger partial charge >= 0.3 is 0 Å². The van der Waals surface area contributed by atoms with E-state index in [1.54, 1.807) is 23.7 Å². The first-order chi connectivity index (χ1) is 73.9. The molecule has 35 rings (SSSR count). The van der Waals surface area contributed by atoms with Crippen molar-refractivity contribution in [3.8, 4) is 12.1 Å². The molecule has 0 atom stereocenters. The standard InChI is InChI=1S/C30H14N2S.C28H17N.2C27H16N2.C26H15N3/c31-15-19-11-24-22-9-17-5-1-2-6-18(17)10-23(22)26-13-28-21-7-3-4-8-29(21)33-30(28)14-27(26)25(24)12-20(19)16-32;1-7-15-24-18(9-1)17-26-28-22-13-5-3-11-20(22)19-10-2-4-12-21(19)27(28)23-14-6-8-16-25(23)29(24)26;1-6-14-23-17(8-1)16-24-26-21-12-5-3-10-19(21)18-9-2-4-11-20(18)25(26)22-13-7-15-28-27(22)29(23)24;1-6-13-22-17(8-1)16-24-25-20-11-4-2-9-18(20)19-10-3-5-12-21(19)26(25)27-23(29(22)24)14-7-15-28-27;1-6-12-21-16(7-1)15-22-23-19-10-4-2-8-17(19)18-9-3-5-11-20(18)24(23)25-26(29(21)22)28-14-13-27-25/h1-14H;1-17H;2*1-16H;1-15H. The van der Waals surface area contributed by atoms with Crippen LogP contribution < -0.4 is 0 Å². The van der Waals surface area contributed by atoms with Crippen LogP contribution in [0.3, 0.4) is 0 Å². The van der Waals surface area contributed by atoms with E-state index < -0.39 is 0 Å². The lowest BCUT2D eigenvalue weighted by atomic mass is 9.89. The smallest absolute Gasteiger partial charge is 0.164 e. The Morgan fingerprint density at radius 2 is 0.443 bits per heavy atom. The normalized spacial score (nSPS) is 12.0. The van der Waals surface area contributed by atoms with E-state index >= 15 is 0 Å². The minimum Gasteiger partial charge on any atom is -0.309 e. The number of nitriles is 2. The molecule has 686 valence electrons. The van der Waals surface area contributed by atoms with Gasteiger partial charge in [-0.3, -0.25) is 18.8 Å². The van der Waals surface area contributed by atoms with Crippen LogP contribution >= 0.6 is 11.3 Å². The summed E-state index contributed by atoms with van der Waals surface area (Å²) in [6.07, 6.45) is 7.38. The van der Waals surface area contributed by atoms with Crippen molar-refractivity contribution >= 4 is 314 Å². The summed E-state index contributed by atoms with van der Waals surface area (Å²) in [5, 5.41) is 69.1. The maximum absolute atomic E-state index is 9.70. The highest BCUT2D eigenvalue weighted by Gasteiger charge is 2.26. The fraction of sp³-hybridized carbons (Fsp3) is 0. The van der Waals surface area contributed by atoms with Crippen LogP contribution in [0.4, 0.5) is 0 Å². The average molecular weight is 1910 g/mol. The van der Waals surface area contributed by atoms with Crippen molar-refractivity contribution in [3.63, 3.8) is 0 Å². The third kappa shape index (κ3) is 12.3. The van der Waals surface area contributed by atoms with E-state index in [-0.39, 0.29) is 0 Å². The van der Waals surface area contributed by atoms with Gasteiger partial charge in [0, 0.05) is 120 Å². The van der Waals surface area contributed by atoms with Crippen LogP contribution in [-0.4, -0.2) is 37.5 Å². The molecule has 0 spiro atoms. The predicted octanol–water partition coefficient (Wildman–Crippen LogP) is 36.8. The van der Waals surface area contributed by atoms with Gasteiger partial charge in [-0.1, -0.05) is 328 Å². The predicted molar refractivity (Wildman–Crippen MR) is 630 cm³/mol. The van der Waals surface area contributed by atoms with Crippen molar-refractivity contribution in [1.82, 2.24) is 37.5 Å². The van der Waals surface area contributed by atoms with Gasteiger partial charge < -0.3 is 8.80 Å². The summed E-state index contributed by atoms with van der Waals surface area (Å²) >= 11 is 1.79. The third-order valence-corrected chi connectivity index (χ3v) is 32.5. The molecule has 35 aromatic rings. The van der Waals surface area contributed by atoms with E-state index in [2.05, 4.69) is 448 Å². The number of thiophene rings is 1. The van der Waals surface area contributed by atoms with Gasteiger partial charge in [0.15, 0.2) is 5.65 Å². The third-order valence-electron chi connectivity index (χ3n) is 31.3. The van der Waals surface area contributed by atoms with E-state index in [9.17, 15) is 10.5 Å². The molecule has 0 unspecified atom stereocenters. The van der Waals surface area contributed by atoms with Crippen molar-refractivity contribution in [2.24, 2.45) is 0 Å². The van der Waals surface area contributed by atoms with E-state index in [4.69, 9.17) is 19.9 Å². The summed E-state index contributed by atoms with van der Waals surface area (Å²) in [5.74, 6) is 0. The van der Waals surface area contributed by atoms with Crippen LogP contribution in [0, 0.1) is 22.7 Å². The Morgan fingerprint density at radius 1 is 0.161 bits per heavy atom. The maximum atomic E-state index is 9.70. The van der Waals surface area contributed by atoms with Gasteiger partial charge in [0.05, 0.1) is 71.8 Å². The zero-order valence-corrected chi connectivity index (χ0v) is 80.7. The molecule has 23 aromatic carbocycles. The molecule has 11 heteroatoms. The topological polar surface area (TPSA) is 117 Å². The van der Waals surface area contributed by atoms with Crippen molar-refractivity contribution in [2.45, 2.75) is 0 Å². The van der Waals surface area contributed by atoms with E-state index in [1.807, 2.05) is 42.7 Å². The van der Waals surface area contributed by atoms with Crippen LogP contribution in [0.15, 0.2) is 474 Å². The maximum Gasteiger partial charge on any atom is 0.164 e. The zero-order valence-electron chi connectivity index (χ0n) is 79.9. The Bertz CT molecular complexity index is 11200. The number of para-hydroxylation sites is 5. The zero-order chi connectivity index (χ0) is 97.9. The lowest BCUT2D eigenvalue weighted by molar-refractivity contribution is 1.21. The summed E-state index contributed by atoms with van der Waals surface area (Å²) < 4.78 is 11.9. The number of aromatic nitrogens is 8. The van der Waals surface area contributed by atoms with Gasteiger partial charge in [0.1, 0.15) is 23.3 Å². The largest absolute Gasteiger partial charge is 0.309 e. The molecule has 0 N–H and O–H groups in total. The molecule has 0 saturated carbocycles. The first-order valence-electron chi connectivity index (χ1n) is 50.4. The Morgan fingerprint density at radius 3 is 0.899 bits per heavy atom. The molecule has 0 saturated heterocycles. The number of rotatable bonds is 0. The molecular weight excluding hydrogens is 1830 g/mol. The monoisotopic (exact) mass is 1910 g/mol. The Kier molecular flexibility index (Phi) is 18.3. The van der Waals surface area contributed by atoms with E-state index in [1.165, 1.54) is 242 Å². The number of hydrogen-bond donors (Lipinski definition) is 0. The van der Waals surface area contributed by atoms with Crippen LogP contribution in [-0.2, 0) is 0 Å². The molecule has 12 aromatic heterocycles. The van der Waals surface area contributed by atoms with Crippen molar-refractivity contribution < 1.29 is 0 Å². The van der Waals surface area contributed by atoms with Gasteiger partial charge in [0.2, 0.25) is 0 Å². The lowest BCUT2D eigenvalue weighted by Gasteiger charge is -2.15. The average Bonchev–Trinajstić information content (AvgIpc) is 1.61. The summed E-state index contributed by atoms with van der Waals surface area (Å²) in [6, 6.07) is 165. The summed E-state index contributed by atoms with van der Waals surface area (Å²) in [5.41, 5.74) is 16.9. The van der Waals surface area contributed by atoms with Gasteiger partial charge in [-0.15, -0.1) is 11.3 Å². The number of fused-ring (bicyclic) bond motifs is 62. The molecule has 12 heterocycles. The van der Waals surface area contributed by atoms with Crippen LogP contribution in [0.1, 0.15) is 11.1 Å². The lowest BCUT2D eigenvalue weighted by Crippen LogP contribution is -1.96. The van der Waals surface area contributed by atoms with Crippen LogP contribution in [0.5, 0.6) is 0 Å². The Hall–Kier alpha value is -20.1. The molecule has 0 radical (unpaired) electrons. The highest BCUT2D eigenvalue weighted by atomic mass is 32.1. The molecule has 0 aliphatic rings. The highest BCUT2D eigenvalue weighted by molar-refractivity contribution is 7.26. The molecule has 149 heavy (non-hydrogen) atoms. The Balaban J connectivity index is 0.0000000841. The molecule has 0 aliphatic carbocycles. The van der Waals surface area contributed by atoms with Gasteiger partial charge in [-0.25, -0.2) is 9.97 Å². The van der Waals surface area contributed by atoms with Crippen LogP contribution in [0.2, 0.25) is 0 Å². The number of benzene rings is 23. The fourth-order valence-corrected chi connectivity index (χ4v) is 26.4. The summed E-state index contributed by atoms with van der Waals surface area (Å²) in [7, 11) is 0. The van der Waals surface area contributed by atoms with Crippen LogP contribution in [0.25, 0.3) is 302 Å². The quantitative estimate of drug-likeness (QED) is 0.110. The summed E-state index contributed by atoms with van der Waals surface area (Å²) in [4.78, 5) is 19.3. The second kappa shape index (κ2) is 32.7. The van der Waals surface area contributed by atoms with Gasteiger partial charge in [-0.05, 0) is 251 Å². The SMILES string of the molecule is N#Cc1cc2c(cc1C#N)c1cc3sc4ccccc4c3cc1c1cc3ccccc3cc21.c1ccc2c(c1)cc1c3c4ccccc4c4ccccc4c3c3ccccc3n21.c1ccc2c(c1)cc1c3c4ccccc4c4ccccc4c3c3cccnc3n21.c1ccc2c(c1)cc1c3c4ccccc4c4ccccc4c3c3ncccc3n21.c1ccc2c(c1)cc1c3c4ccccc4c4ccccc4c3c3nccnc3n21. The highest BCUT2D eigenvalue weighted by Crippen LogP contribution is 2.51. The van der Waals surface area contributed by atoms with Crippen molar-refractivity contribution in [1.29, 1.82) is 10.5 Å². The molecule has 0 aliphatic heterocycles. The second-order valence-electron chi connectivity index (χ2n) is 39.0. The Labute approximate surface area is 852 Å². The minimum absolute atomic E-state index is 0.418. The number of hydrogen-bond acceptors (Lipinski definition) is 7. The summed E-state index contributed by atoms with van der Waals surface area (Å²) in [6.45, 7) is 0. The fourth-order valence-electron chi connectivity index (χ4n) is 25.2. The second-order valence-corrected chi connectivity index (χ2v) is 40.0. The molecule has 0 bridgehead atoms. The van der Waals surface area contributed by atoms with E-state index in [0.29, 0.717) is 11.1 Å². The molecule has 10 nitrogen and oxygen atoms in total. The first-order valence-corrected chi connectivity index (χ1v) is 51.2. The molecule has 0 fully saturated rings. The van der Waals surface area contributed by atoms with Gasteiger partial charge in [-0.2, -0.15) is 10.5 Å².